The second-order valence-corrected chi connectivity index (χ2v) is 9.63. The fourth-order valence-corrected chi connectivity index (χ4v) is 5.11. The lowest BCUT2D eigenvalue weighted by molar-refractivity contribution is 0.360. The highest BCUT2D eigenvalue weighted by Crippen LogP contribution is 2.30. The van der Waals surface area contributed by atoms with E-state index in [-0.39, 0.29) is 0 Å². The molecule has 164 valence electrons. The number of hydrogen-bond donors (Lipinski definition) is 2. The highest BCUT2D eigenvalue weighted by atomic mass is 15.2. The van der Waals surface area contributed by atoms with Crippen molar-refractivity contribution in [1.29, 1.82) is 0 Å². The number of nitrogens with one attached hydrogen (secondary N) is 2. The molecule has 31 heavy (non-hydrogen) atoms. The first-order chi connectivity index (χ1) is 15.1. The first-order valence-corrected chi connectivity index (χ1v) is 11.9. The molecule has 2 aromatic heterocycles. The first kappa shape index (κ1) is 20.4. The van der Waals surface area contributed by atoms with Crippen molar-refractivity contribution in [3.05, 3.63) is 36.3 Å². The van der Waals surface area contributed by atoms with Crippen molar-refractivity contribution in [1.82, 2.24) is 25.1 Å². The number of aromatic nitrogens is 4. The van der Waals surface area contributed by atoms with Crippen LogP contribution in [0.15, 0.2) is 30.6 Å². The number of benzene rings is 1. The number of aryl methyl sites for hydroxylation is 2. The summed E-state index contributed by atoms with van der Waals surface area (Å²) in [5.41, 5.74) is 4.47. The number of fused-ring (bicyclic) bond motifs is 1. The topological polar surface area (TPSA) is 67.7 Å². The van der Waals surface area contributed by atoms with Crippen LogP contribution in [0.4, 0.5) is 5.95 Å². The molecule has 1 aliphatic carbocycles. The van der Waals surface area contributed by atoms with E-state index in [1.165, 1.54) is 38.5 Å². The van der Waals surface area contributed by atoms with E-state index >= 15 is 0 Å². The largest absolute Gasteiger partial charge is 0.351 e. The summed E-state index contributed by atoms with van der Waals surface area (Å²) >= 11 is 0. The molecule has 2 aliphatic rings. The van der Waals surface area contributed by atoms with Crippen molar-refractivity contribution in [2.45, 2.75) is 57.9 Å². The van der Waals surface area contributed by atoms with Gasteiger partial charge in [-0.25, -0.2) is 9.97 Å². The number of hydrogen-bond acceptors (Lipinski definition) is 5. The van der Waals surface area contributed by atoms with Crippen LogP contribution >= 0.6 is 0 Å². The van der Waals surface area contributed by atoms with E-state index in [0.29, 0.717) is 6.04 Å². The minimum absolute atomic E-state index is 0.499. The van der Waals surface area contributed by atoms with Crippen molar-refractivity contribution in [3.8, 4) is 11.1 Å². The predicted molar refractivity (Wildman–Crippen MR) is 126 cm³/mol. The van der Waals surface area contributed by atoms with Gasteiger partial charge in [0.25, 0.3) is 0 Å². The summed E-state index contributed by atoms with van der Waals surface area (Å²) in [6.07, 6.45) is 12.5. The smallest absolute Gasteiger partial charge is 0.223 e. The zero-order valence-corrected chi connectivity index (χ0v) is 18.8. The molecule has 5 rings (SSSR count). The van der Waals surface area contributed by atoms with E-state index in [0.717, 1.165) is 65.0 Å². The van der Waals surface area contributed by atoms with Gasteiger partial charge in [0, 0.05) is 36.4 Å². The van der Waals surface area contributed by atoms with Crippen molar-refractivity contribution in [2.24, 2.45) is 18.9 Å². The van der Waals surface area contributed by atoms with Gasteiger partial charge in [0.15, 0.2) is 0 Å². The number of rotatable bonds is 6. The van der Waals surface area contributed by atoms with Crippen LogP contribution in [0.1, 0.15) is 51.1 Å². The Labute approximate surface area is 184 Å². The van der Waals surface area contributed by atoms with E-state index < -0.39 is 0 Å². The molecule has 1 saturated heterocycles. The van der Waals surface area contributed by atoms with Crippen molar-refractivity contribution < 1.29 is 0 Å². The van der Waals surface area contributed by atoms with Crippen molar-refractivity contribution >= 4 is 16.9 Å². The average Bonchev–Trinajstić information content (AvgIpc) is 3.42. The molecule has 2 fully saturated rings. The Balaban J connectivity index is 1.41. The fraction of sp³-hybridized carbons (Fsp3) is 0.560. The standard InChI is InChI=1S/C25H34N6/c1-17-3-8-21(9-4-17)28-25-27-15-22(23(29-25)10-5-18-11-12-26-14-18)19-6-7-20-16-31(2)30-24(20)13-19/h6-7,13,15-18,21,26H,3-5,8-12,14H2,1-2H3,(H,27,28,29). The van der Waals surface area contributed by atoms with Gasteiger partial charge in [-0.05, 0) is 81.5 Å². The third-order valence-corrected chi connectivity index (χ3v) is 7.10. The Hall–Kier alpha value is -2.47. The lowest BCUT2D eigenvalue weighted by Crippen LogP contribution is -2.26. The van der Waals surface area contributed by atoms with E-state index in [1.54, 1.807) is 0 Å². The predicted octanol–water partition coefficient (Wildman–Crippen LogP) is 4.56. The quantitative estimate of drug-likeness (QED) is 0.614. The minimum Gasteiger partial charge on any atom is -0.351 e. The Kier molecular flexibility index (Phi) is 5.90. The average molecular weight is 419 g/mol. The van der Waals surface area contributed by atoms with E-state index in [2.05, 4.69) is 47.1 Å². The lowest BCUT2D eigenvalue weighted by atomic mass is 9.87. The van der Waals surface area contributed by atoms with Gasteiger partial charge >= 0.3 is 0 Å². The van der Waals surface area contributed by atoms with Gasteiger partial charge in [-0.2, -0.15) is 5.10 Å². The highest BCUT2D eigenvalue weighted by Gasteiger charge is 2.20. The molecule has 0 bridgehead atoms. The normalized spacial score (nSPS) is 24.0. The summed E-state index contributed by atoms with van der Waals surface area (Å²) in [7, 11) is 1.97. The second-order valence-electron chi connectivity index (χ2n) is 9.63. The summed E-state index contributed by atoms with van der Waals surface area (Å²) < 4.78 is 1.87. The SMILES string of the molecule is CC1CCC(Nc2ncc(-c3ccc4cn(C)nc4c3)c(CCC3CCNC3)n2)CC1. The van der Waals surface area contributed by atoms with Crippen LogP contribution in [-0.4, -0.2) is 38.9 Å². The molecule has 1 atom stereocenters. The van der Waals surface area contributed by atoms with Gasteiger partial charge in [-0.1, -0.05) is 19.1 Å². The Morgan fingerprint density at radius 3 is 2.84 bits per heavy atom. The van der Waals surface area contributed by atoms with Crippen molar-refractivity contribution in [2.75, 3.05) is 18.4 Å². The number of anilines is 1. The molecule has 3 aromatic rings. The summed E-state index contributed by atoms with van der Waals surface area (Å²) in [6, 6.07) is 7.00. The molecule has 0 radical (unpaired) electrons. The van der Waals surface area contributed by atoms with Crippen molar-refractivity contribution in [3.63, 3.8) is 0 Å². The molecule has 0 amide bonds. The fourth-order valence-electron chi connectivity index (χ4n) is 5.11. The summed E-state index contributed by atoms with van der Waals surface area (Å²) in [4.78, 5) is 9.77. The van der Waals surface area contributed by atoms with Crippen LogP contribution in [0.5, 0.6) is 0 Å². The van der Waals surface area contributed by atoms with E-state index in [4.69, 9.17) is 9.97 Å². The molecule has 1 aromatic carbocycles. The summed E-state index contributed by atoms with van der Waals surface area (Å²) in [5.74, 6) is 2.39. The molecule has 1 unspecified atom stereocenters. The molecule has 6 heteroatoms. The molecular formula is C25H34N6. The number of nitrogens with zero attached hydrogens (tertiary/aromatic N) is 4. The third kappa shape index (κ3) is 4.74. The molecule has 1 saturated carbocycles. The van der Waals surface area contributed by atoms with Gasteiger partial charge in [0.2, 0.25) is 5.95 Å². The lowest BCUT2D eigenvalue weighted by Gasteiger charge is -2.27. The molecule has 3 heterocycles. The van der Waals surface area contributed by atoms with Crippen LogP contribution in [0.25, 0.3) is 22.0 Å². The summed E-state index contributed by atoms with van der Waals surface area (Å²) in [5, 5.41) is 12.9. The zero-order valence-electron chi connectivity index (χ0n) is 18.8. The van der Waals surface area contributed by atoms with Crippen LogP contribution in [0.3, 0.4) is 0 Å². The van der Waals surface area contributed by atoms with Crippen LogP contribution in [0.2, 0.25) is 0 Å². The first-order valence-electron chi connectivity index (χ1n) is 11.9. The van der Waals surface area contributed by atoms with Gasteiger partial charge in [0.1, 0.15) is 0 Å². The maximum absolute atomic E-state index is 5.04. The molecule has 0 spiro atoms. The van der Waals surface area contributed by atoms with Gasteiger partial charge in [-0.3, -0.25) is 4.68 Å². The van der Waals surface area contributed by atoms with Crippen LogP contribution < -0.4 is 10.6 Å². The second kappa shape index (κ2) is 8.95. The third-order valence-electron chi connectivity index (χ3n) is 7.10. The molecule has 1 aliphatic heterocycles. The summed E-state index contributed by atoms with van der Waals surface area (Å²) in [6.45, 7) is 4.63. The minimum atomic E-state index is 0.499. The van der Waals surface area contributed by atoms with Gasteiger partial charge in [-0.15, -0.1) is 0 Å². The molecule has 6 nitrogen and oxygen atoms in total. The maximum atomic E-state index is 5.04. The monoisotopic (exact) mass is 418 g/mol. The van der Waals surface area contributed by atoms with Gasteiger partial charge in [0.05, 0.1) is 11.2 Å². The van der Waals surface area contributed by atoms with Crippen LogP contribution in [0, 0.1) is 11.8 Å². The van der Waals surface area contributed by atoms with Gasteiger partial charge < -0.3 is 10.6 Å². The molecular weight excluding hydrogens is 384 g/mol. The van der Waals surface area contributed by atoms with E-state index in [9.17, 15) is 0 Å². The van der Waals surface area contributed by atoms with E-state index in [1.807, 2.05) is 17.9 Å². The Bertz CT molecular complexity index is 1030. The highest BCUT2D eigenvalue weighted by molar-refractivity contribution is 5.84. The molecule has 2 N–H and O–H groups in total. The Morgan fingerprint density at radius 1 is 1.16 bits per heavy atom. The van der Waals surface area contributed by atoms with Crippen LogP contribution in [-0.2, 0) is 13.5 Å². The Morgan fingerprint density at radius 2 is 2.03 bits per heavy atom. The zero-order chi connectivity index (χ0) is 21.2. The maximum Gasteiger partial charge on any atom is 0.223 e.